The number of aryl methyl sites for hydroxylation is 2. The molecule has 2 aliphatic rings. The molecule has 0 bridgehead atoms. The highest BCUT2D eigenvalue weighted by Crippen LogP contribution is 2.20. The monoisotopic (exact) mass is 298 g/mol. The third-order valence-corrected chi connectivity index (χ3v) is 4.30. The molecule has 0 radical (unpaired) electrons. The van der Waals surface area contributed by atoms with Gasteiger partial charge in [-0.15, -0.1) is 0 Å². The summed E-state index contributed by atoms with van der Waals surface area (Å²) in [6.45, 7) is 1.12. The molecule has 1 unspecified atom stereocenters. The molecular weight excluding hydrogens is 280 g/mol. The molecule has 3 N–H and O–H groups in total. The van der Waals surface area contributed by atoms with E-state index in [0.29, 0.717) is 12.4 Å². The normalized spacial score (nSPS) is 19.5. The minimum atomic E-state index is -0.399. The van der Waals surface area contributed by atoms with Crippen molar-refractivity contribution in [3.05, 3.63) is 41.0 Å². The van der Waals surface area contributed by atoms with Crippen LogP contribution in [-0.4, -0.2) is 32.4 Å². The molecule has 1 atom stereocenters. The largest absolute Gasteiger partial charge is 0.348 e. The van der Waals surface area contributed by atoms with Crippen molar-refractivity contribution in [1.82, 2.24) is 30.6 Å². The number of fused-ring (bicyclic) bond motifs is 2. The van der Waals surface area contributed by atoms with Gasteiger partial charge in [-0.1, -0.05) is 0 Å². The molecule has 0 spiro atoms. The number of nitrogens with one attached hydrogen (secondary N) is 3. The quantitative estimate of drug-likeness (QED) is 0.752. The lowest BCUT2D eigenvalue weighted by molar-refractivity contribution is -0.123. The predicted molar refractivity (Wildman–Crippen MR) is 78.9 cm³/mol. The zero-order chi connectivity index (χ0) is 14.9. The Morgan fingerprint density at radius 2 is 2.27 bits per heavy atom. The summed E-state index contributed by atoms with van der Waals surface area (Å²) in [4.78, 5) is 28.6. The maximum absolute atomic E-state index is 12.4. The van der Waals surface area contributed by atoms with Crippen molar-refractivity contribution in [2.75, 3.05) is 6.54 Å². The fraction of sp³-hybridized carbons (Fsp3) is 0.467. The first-order valence-corrected chi connectivity index (χ1v) is 7.68. The van der Waals surface area contributed by atoms with Gasteiger partial charge in [-0.25, -0.2) is 15.0 Å². The lowest BCUT2D eigenvalue weighted by atomic mass is 10.1. The molecule has 1 amide bonds. The molecule has 1 aliphatic carbocycles. The molecular formula is C15H18N6O. The standard InChI is InChI=1S/C15H18N6O/c22-15(14-13-11(4-5-16-14)19-8-20-13)18-7-12-17-6-9-2-1-3-10(9)21-12/h6,8,14,16H,1-5,7H2,(H,18,22)(H,19,20). The number of rotatable bonds is 3. The van der Waals surface area contributed by atoms with E-state index in [0.717, 1.165) is 49.3 Å². The average molecular weight is 298 g/mol. The summed E-state index contributed by atoms with van der Waals surface area (Å²) >= 11 is 0. The second kappa shape index (κ2) is 5.49. The summed E-state index contributed by atoms with van der Waals surface area (Å²) in [5.74, 6) is 0.587. The van der Waals surface area contributed by atoms with E-state index < -0.39 is 6.04 Å². The first-order valence-electron chi connectivity index (χ1n) is 7.68. The van der Waals surface area contributed by atoms with E-state index >= 15 is 0 Å². The Bertz CT molecular complexity index is 710. The number of hydrogen-bond acceptors (Lipinski definition) is 5. The summed E-state index contributed by atoms with van der Waals surface area (Å²) in [5.41, 5.74) is 4.20. The number of imidazole rings is 1. The van der Waals surface area contributed by atoms with Gasteiger partial charge in [0.15, 0.2) is 0 Å². The molecule has 0 saturated heterocycles. The Labute approximate surface area is 128 Å². The van der Waals surface area contributed by atoms with Gasteiger partial charge in [-0.2, -0.15) is 0 Å². The zero-order valence-electron chi connectivity index (χ0n) is 12.2. The topological polar surface area (TPSA) is 95.6 Å². The van der Waals surface area contributed by atoms with Crippen LogP contribution in [0.1, 0.15) is 40.9 Å². The molecule has 1 aliphatic heterocycles. The van der Waals surface area contributed by atoms with Crippen LogP contribution < -0.4 is 10.6 Å². The maximum atomic E-state index is 12.4. The van der Waals surface area contributed by atoms with Gasteiger partial charge in [0.25, 0.3) is 0 Å². The van der Waals surface area contributed by atoms with Crippen molar-refractivity contribution in [2.24, 2.45) is 0 Å². The fourth-order valence-electron chi connectivity index (χ4n) is 3.14. The van der Waals surface area contributed by atoms with Crippen LogP contribution >= 0.6 is 0 Å². The van der Waals surface area contributed by atoms with Crippen LogP contribution in [0.4, 0.5) is 0 Å². The van der Waals surface area contributed by atoms with Crippen molar-refractivity contribution in [1.29, 1.82) is 0 Å². The van der Waals surface area contributed by atoms with Crippen LogP contribution in [0.15, 0.2) is 12.5 Å². The molecule has 114 valence electrons. The third kappa shape index (κ3) is 2.37. The van der Waals surface area contributed by atoms with Gasteiger partial charge >= 0.3 is 0 Å². The molecule has 22 heavy (non-hydrogen) atoms. The van der Waals surface area contributed by atoms with Gasteiger partial charge in [0.1, 0.15) is 11.9 Å². The Balaban J connectivity index is 1.43. The maximum Gasteiger partial charge on any atom is 0.243 e. The molecule has 0 fully saturated rings. The number of H-pyrrole nitrogens is 1. The van der Waals surface area contributed by atoms with Crippen LogP contribution in [-0.2, 0) is 30.6 Å². The number of aromatic amines is 1. The van der Waals surface area contributed by atoms with Gasteiger partial charge in [0.05, 0.1) is 18.6 Å². The van der Waals surface area contributed by atoms with Crippen LogP contribution in [0, 0.1) is 0 Å². The smallest absolute Gasteiger partial charge is 0.243 e. The van der Waals surface area contributed by atoms with Gasteiger partial charge in [-0.3, -0.25) is 4.79 Å². The third-order valence-electron chi connectivity index (χ3n) is 4.30. The van der Waals surface area contributed by atoms with Crippen LogP contribution in [0.2, 0.25) is 0 Å². The summed E-state index contributed by atoms with van der Waals surface area (Å²) in [5, 5.41) is 6.11. The lowest BCUT2D eigenvalue weighted by Gasteiger charge is -2.22. The van der Waals surface area contributed by atoms with E-state index in [9.17, 15) is 4.79 Å². The first kappa shape index (κ1) is 13.4. The highest BCUT2D eigenvalue weighted by Gasteiger charge is 2.28. The van der Waals surface area contributed by atoms with E-state index in [4.69, 9.17) is 0 Å². The van der Waals surface area contributed by atoms with Crippen molar-refractivity contribution in [3.63, 3.8) is 0 Å². The molecule has 7 heteroatoms. The Kier molecular flexibility index (Phi) is 3.34. The molecule has 2 aromatic heterocycles. The second-order valence-corrected chi connectivity index (χ2v) is 5.73. The molecule has 0 saturated carbocycles. The van der Waals surface area contributed by atoms with Crippen molar-refractivity contribution >= 4 is 5.91 Å². The summed E-state index contributed by atoms with van der Waals surface area (Å²) < 4.78 is 0. The summed E-state index contributed by atoms with van der Waals surface area (Å²) in [6.07, 6.45) is 7.62. The van der Waals surface area contributed by atoms with Crippen molar-refractivity contribution in [3.8, 4) is 0 Å². The van der Waals surface area contributed by atoms with Gasteiger partial charge < -0.3 is 15.6 Å². The molecule has 4 rings (SSSR count). The number of nitrogens with zero attached hydrogens (tertiary/aromatic N) is 3. The number of carbonyl (C=O) groups is 1. The van der Waals surface area contributed by atoms with Gasteiger partial charge in [0, 0.05) is 30.6 Å². The van der Waals surface area contributed by atoms with Crippen LogP contribution in [0.3, 0.4) is 0 Å². The average Bonchev–Trinajstić information content (AvgIpc) is 3.20. The van der Waals surface area contributed by atoms with Gasteiger partial charge in [0.2, 0.25) is 5.91 Å². The Morgan fingerprint density at radius 3 is 3.23 bits per heavy atom. The van der Waals surface area contributed by atoms with Crippen LogP contribution in [0.5, 0.6) is 0 Å². The first-order chi connectivity index (χ1) is 10.8. The molecule has 3 heterocycles. The van der Waals surface area contributed by atoms with E-state index in [2.05, 4.69) is 30.6 Å². The van der Waals surface area contributed by atoms with Crippen LogP contribution in [0.25, 0.3) is 0 Å². The van der Waals surface area contributed by atoms with Crippen molar-refractivity contribution in [2.45, 2.75) is 38.3 Å². The number of hydrogen-bond donors (Lipinski definition) is 3. The zero-order valence-corrected chi connectivity index (χ0v) is 12.2. The second-order valence-electron chi connectivity index (χ2n) is 5.73. The highest BCUT2D eigenvalue weighted by atomic mass is 16.2. The van der Waals surface area contributed by atoms with E-state index in [-0.39, 0.29) is 5.91 Å². The van der Waals surface area contributed by atoms with E-state index in [1.807, 2.05) is 6.20 Å². The number of carbonyl (C=O) groups excluding carboxylic acids is 1. The number of aromatic nitrogens is 4. The molecule has 7 nitrogen and oxygen atoms in total. The van der Waals surface area contributed by atoms with Gasteiger partial charge in [-0.05, 0) is 24.8 Å². The Morgan fingerprint density at radius 1 is 1.32 bits per heavy atom. The highest BCUT2D eigenvalue weighted by molar-refractivity contribution is 5.83. The summed E-state index contributed by atoms with van der Waals surface area (Å²) in [7, 11) is 0. The molecule has 2 aromatic rings. The SMILES string of the molecule is O=C(NCc1ncc2c(n1)CCC2)C1NCCc2[nH]cnc21. The lowest BCUT2D eigenvalue weighted by Crippen LogP contribution is -2.41. The fourth-order valence-corrected chi connectivity index (χ4v) is 3.14. The number of amides is 1. The Hall–Kier alpha value is -2.28. The summed E-state index contributed by atoms with van der Waals surface area (Å²) in [6, 6.07) is -0.399. The minimum Gasteiger partial charge on any atom is -0.348 e. The van der Waals surface area contributed by atoms with E-state index in [1.54, 1.807) is 6.33 Å². The predicted octanol–water partition coefficient (Wildman–Crippen LogP) is 0.192. The molecule has 0 aromatic carbocycles. The minimum absolute atomic E-state index is 0.0860. The van der Waals surface area contributed by atoms with E-state index in [1.165, 1.54) is 5.56 Å². The van der Waals surface area contributed by atoms with Crippen molar-refractivity contribution < 1.29 is 4.79 Å².